The minimum absolute atomic E-state index is 0.293. The van der Waals surface area contributed by atoms with Gasteiger partial charge in [0.05, 0.1) is 17.8 Å². The van der Waals surface area contributed by atoms with Crippen LogP contribution in [0.3, 0.4) is 0 Å². The fourth-order valence-electron chi connectivity index (χ4n) is 2.92. The normalized spacial score (nSPS) is 13.1. The standard InChI is InChI=1S/C20H21ClN4O3/c1-25(2)20(28)18(26)14(8-12-6-4-3-5-7-12)24-19(27)15-9-13-10-17(21)22-11-16(13)23-15/h3-7,9-11,14,18,23,26H,8H2,1-2H3,(H,24,27)/t14-,18+/m0/s1. The molecule has 0 radical (unpaired) electrons. The number of benzene rings is 1. The van der Waals surface area contributed by atoms with E-state index in [0.717, 1.165) is 10.9 Å². The number of amides is 2. The first-order valence-electron chi connectivity index (χ1n) is 8.73. The second-order valence-corrected chi connectivity index (χ2v) is 7.11. The van der Waals surface area contributed by atoms with Crippen molar-refractivity contribution in [2.75, 3.05) is 14.1 Å². The third-order valence-electron chi connectivity index (χ3n) is 4.41. The van der Waals surface area contributed by atoms with Crippen LogP contribution in [0.2, 0.25) is 5.15 Å². The summed E-state index contributed by atoms with van der Waals surface area (Å²) in [4.78, 5) is 33.3. The fraction of sp³-hybridized carbons (Fsp3) is 0.250. The van der Waals surface area contributed by atoms with Crippen molar-refractivity contribution < 1.29 is 14.7 Å². The maximum atomic E-state index is 12.8. The van der Waals surface area contributed by atoms with Crippen LogP contribution in [0.25, 0.3) is 10.9 Å². The third-order valence-corrected chi connectivity index (χ3v) is 4.61. The van der Waals surface area contributed by atoms with E-state index in [1.165, 1.54) is 4.90 Å². The van der Waals surface area contributed by atoms with Crippen molar-refractivity contribution >= 4 is 34.3 Å². The van der Waals surface area contributed by atoms with E-state index >= 15 is 0 Å². The average molecular weight is 401 g/mol. The number of nitrogens with zero attached hydrogens (tertiary/aromatic N) is 2. The number of aromatic nitrogens is 2. The highest BCUT2D eigenvalue weighted by Crippen LogP contribution is 2.18. The summed E-state index contributed by atoms with van der Waals surface area (Å²) in [5.74, 6) is -0.910. The van der Waals surface area contributed by atoms with Crippen LogP contribution in [0, 0.1) is 0 Å². The number of aliphatic hydroxyl groups excluding tert-OH is 1. The summed E-state index contributed by atoms with van der Waals surface area (Å²) in [7, 11) is 3.11. The quantitative estimate of drug-likeness (QED) is 0.551. The first-order chi connectivity index (χ1) is 13.3. The molecule has 0 aliphatic carbocycles. The monoisotopic (exact) mass is 400 g/mol. The molecule has 0 saturated carbocycles. The first kappa shape index (κ1) is 19.9. The second-order valence-electron chi connectivity index (χ2n) is 6.72. The Balaban J connectivity index is 1.84. The molecule has 0 unspecified atom stereocenters. The Bertz CT molecular complexity index is 988. The van der Waals surface area contributed by atoms with Crippen molar-refractivity contribution in [2.24, 2.45) is 0 Å². The van der Waals surface area contributed by atoms with Gasteiger partial charge < -0.3 is 20.3 Å². The Kier molecular flexibility index (Phi) is 5.96. The van der Waals surface area contributed by atoms with Crippen LogP contribution in [0.5, 0.6) is 0 Å². The number of pyridine rings is 1. The van der Waals surface area contributed by atoms with Gasteiger partial charge in [-0.2, -0.15) is 0 Å². The van der Waals surface area contributed by atoms with E-state index in [4.69, 9.17) is 11.6 Å². The van der Waals surface area contributed by atoms with Crippen molar-refractivity contribution in [3.8, 4) is 0 Å². The van der Waals surface area contributed by atoms with Crippen LogP contribution in [0.1, 0.15) is 16.1 Å². The van der Waals surface area contributed by atoms with Gasteiger partial charge in [0.2, 0.25) is 0 Å². The van der Waals surface area contributed by atoms with E-state index in [1.54, 1.807) is 32.4 Å². The molecule has 0 aliphatic heterocycles. The summed E-state index contributed by atoms with van der Waals surface area (Å²) in [5.41, 5.74) is 1.85. The lowest BCUT2D eigenvalue weighted by Gasteiger charge is -2.25. The third kappa shape index (κ3) is 4.49. The van der Waals surface area contributed by atoms with Crippen LogP contribution in [-0.2, 0) is 11.2 Å². The minimum atomic E-state index is -1.38. The Labute approximate surface area is 167 Å². The molecule has 8 heteroatoms. The smallest absolute Gasteiger partial charge is 0.268 e. The summed E-state index contributed by atoms with van der Waals surface area (Å²) >= 11 is 5.89. The van der Waals surface area contributed by atoms with Crippen molar-refractivity contribution in [1.29, 1.82) is 0 Å². The van der Waals surface area contributed by atoms with Crippen LogP contribution in [0.4, 0.5) is 0 Å². The summed E-state index contributed by atoms with van der Waals surface area (Å²) in [6.07, 6.45) is 0.473. The number of hydrogen-bond donors (Lipinski definition) is 3. The van der Waals surface area contributed by atoms with Gasteiger partial charge in [-0.25, -0.2) is 4.98 Å². The van der Waals surface area contributed by atoms with Gasteiger partial charge in [0.1, 0.15) is 10.8 Å². The van der Waals surface area contributed by atoms with E-state index in [9.17, 15) is 14.7 Å². The molecule has 0 saturated heterocycles. The molecule has 2 aromatic heterocycles. The van der Waals surface area contributed by atoms with Crippen LogP contribution >= 0.6 is 11.6 Å². The molecule has 0 aliphatic rings. The molecule has 0 spiro atoms. The molecule has 0 fully saturated rings. The van der Waals surface area contributed by atoms with Crippen molar-refractivity contribution in [3.63, 3.8) is 0 Å². The highest BCUT2D eigenvalue weighted by atomic mass is 35.5. The predicted molar refractivity (Wildman–Crippen MR) is 107 cm³/mol. The van der Waals surface area contributed by atoms with E-state index < -0.39 is 24.0 Å². The summed E-state index contributed by atoms with van der Waals surface area (Å²) in [6.45, 7) is 0. The van der Waals surface area contributed by atoms with Gasteiger partial charge in [-0.3, -0.25) is 9.59 Å². The number of hydrogen-bond acceptors (Lipinski definition) is 4. The zero-order valence-electron chi connectivity index (χ0n) is 15.5. The Morgan fingerprint density at radius 3 is 2.64 bits per heavy atom. The number of carbonyl (C=O) groups excluding carboxylic acids is 2. The molecule has 2 heterocycles. The number of aromatic amines is 1. The molecule has 2 atom stereocenters. The topological polar surface area (TPSA) is 98.3 Å². The lowest BCUT2D eigenvalue weighted by molar-refractivity contribution is -0.138. The number of nitrogens with one attached hydrogen (secondary N) is 2. The molecule has 0 bridgehead atoms. The van der Waals surface area contributed by atoms with Crippen molar-refractivity contribution in [2.45, 2.75) is 18.6 Å². The van der Waals surface area contributed by atoms with Crippen LogP contribution in [-0.4, -0.2) is 58.0 Å². The van der Waals surface area contributed by atoms with Gasteiger partial charge in [0.15, 0.2) is 6.10 Å². The van der Waals surface area contributed by atoms with Gasteiger partial charge in [-0.15, -0.1) is 0 Å². The number of likely N-dealkylation sites (N-methyl/N-ethyl adjacent to an activating group) is 1. The number of aliphatic hydroxyl groups is 1. The Morgan fingerprint density at radius 2 is 1.96 bits per heavy atom. The van der Waals surface area contributed by atoms with Gasteiger partial charge in [0.25, 0.3) is 11.8 Å². The number of halogens is 1. The Morgan fingerprint density at radius 1 is 1.25 bits per heavy atom. The number of H-pyrrole nitrogens is 1. The van der Waals surface area contributed by atoms with Crippen molar-refractivity contribution in [3.05, 3.63) is 65.1 Å². The minimum Gasteiger partial charge on any atom is -0.381 e. The number of carbonyl (C=O) groups is 2. The predicted octanol–water partition coefficient (Wildman–Crippen LogP) is 2.01. The molecule has 7 nitrogen and oxygen atoms in total. The molecule has 1 aromatic carbocycles. The molecule has 2 amide bonds. The van der Waals surface area contributed by atoms with Gasteiger partial charge in [0, 0.05) is 19.5 Å². The summed E-state index contributed by atoms with van der Waals surface area (Å²) < 4.78 is 0. The van der Waals surface area contributed by atoms with E-state index in [-0.39, 0.29) is 0 Å². The maximum Gasteiger partial charge on any atom is 0.268 e. The lowest BCUT2D eigenvalue weighted by Crippen LogP contribution is -2.51. The molecule has 3 rings (SSSR count). The first-order valence-corrected chi connectivity index (χ1v) is 9.11. The average Bonchev–Trinajstić information content (AvgIpc) is 3.10. The number of fused-ring (bicyclic) bond motifs is 1. The van der Waals surface area contributed by atoms with Crippen LogP contribution < -0.4 is 5.32 Å². The fourth-order valence-corrected chi connectivity index (χ4v) is 3.09. The zero-order valence-corrected chi connectivity index (χ0v) is 16.3. The van der Waals surface area contributed by atoms with Crippen LogP contribution in [0.15, 0.2) is 48.7 Å². The molecule has 146 valence electrons. The van der Waals surface area contributed by atoms with E-state index in [2.05, 4.69) is 15.3 Å². The van der Waals surface area contributed by atoms with Gasteiger partial charge in [-0.05, 0) is 24.1 Å². The summed E-state index contributed by atoms with van der Waals surface area (Å²) in [6, 6.07) is 11.9. The summed E-state index contributed by atoms with van der Waals surface area (Å²) in [5, 5.41) is 14.4. The van der Waals surface area contributed by atoms with E-state index in [0.29, 0.717) is 22.8 Å². The van der Waals surface area contributed by atoms with Gasteiger partial charge in [-0.1, -0.05) is 41.9 Å². The molecular formula is C20H21ClN4O3. The van der Waals surface area contributed by atoms with Crippen molar-refractivity contribution in [1.82, 2.24) is 20.2 Å². The molecular weight excluding hydrogens is 380 g/mol. The SMILES string of the molecule is CN(C)C(=O)[C@H](O)[C@H](Cc1ccccc1)NC(=O)c1cc2cc(Cl)ncc2[nH]1. The number of rotatable bonds is 6. The lowest BCUT2D eigenvalue weighted by atomic mass is 10.00. The Hall–Kier alpha value is -2.90. The highest BCUT2D eigenvalue weighted by molar-refractivity contribution is 6.30. The zero-order chi connectivity index (χ0) is 20.3. The maximum absolute atomic E-state index is 12.8. The molecule has 28 heavy (non-hydrogen) atoms. The second kappa shape index (κ2) is 8.41. The van der Waals surface area contributed by atoms with Gasteiger partial charge >= 0.3 is 0 Å². The largest absolute Gasteiger partial charge is 0.381 e. The highest BCUT2D eigenvalue weighted by Gasteiger charge is 2.29. The van der Waals surface area contributed by atoms with E-state index in [1.807, 2.05) is 30.3 Å². The molecule has 3 aromatic rings. The molecule has 3 N–H and O–H groups in total.